The molecule has 0 spiro atoms. The highest BCUT2D eigenvalue weighted by Crippen LogP contribution is 2.38. The highest BCUT2D eigenvalue weighted by atomic mass is 35.5. The smallest absolute Gasteiger partial charge is 0.109 e. The van der Waals surface area contributed by atoms with Gasteiger partial charge in [0.2, 0.25) is 0 Å². The summed E-state index contributed by atoms with van der Waals surface area (Å²) < 4.78 is 0. The van der Waals surface area contributed by atoms with Gasteiger partial charge in [-0.15, -0.1) is 12.4 Å². The van der Waals surface area contributed by atoms with Gasteiger partial charge in [0.05, 0.1) is 6.07 Å². The zero-order chi connectivity index (χ0) is 16.9. The van der Waals surface area contributed by atoms with Crippen LogP contribution < -0.4 is 0 Å². The molecule has 0 aliphatic carbocycles. The molecule has 4 heteroatoms. The Balaban J connectivity index is 0.00000288. The number of benzene rings is 2. The van der Waals surface area contributed by atoms with Gasteiger partial charge < -0.3 is 4.90 Å². The third-order valence-electron chi connectivity index (χ3n) is 4.30. The lowest BCUT2D eigenvalue weighted by atomic mass is 9.71. The molecule has 0 heterocycles. The fourth-order valence-electron chi connectivity index (χ4n) is 3.01. The predicted molar refractivity (Wildman–Crippen MR) is 104 cm³/mol. The quantitative estimate of drug-likeness (QED) is 0.715. The van der Waals surface area contributed by atoms with Gasteiger partial charge in [-0.25, -0.2) is 0 Å². The Morgan fingerprint density at radius 2 is 1.83 bits per heavy atom. The number of aryl methyl sites for hydroxylation is 1. The van der Waals surface area contributed by atoms with E-state index in [4.69, 9.17) is 11.6 Å². The molecule has 0 fully saturated rings. The number of hydrogen-bond donors (Lipinski definition) is 0. The summed E-state index contributed by atoms with van der Waals surface area (Å²) in [5.74, 6) is 0. The second-order valence-corrected chi connectivity index (χ2v) is 6.53. The summed E-state index contributed by atoms with van der Waals surface area (Å²) >= 11 is 6.21. The van der Waals surface area contributed by atoms with E-state index in [1.807, 2.05) is 50.5 Å². The van der Waals surface area contributed by atoms with E-state index >= 15 is 0 Å². The van der Waals surface area contributed by atoms with Gasteiger partial charge in [-0.2, -0.15) is 5.26 Å². The predicted octanol–water partition coefficient (Wildman–Crippen LogP) is 5.09. The first kappa shape index (κ1) is 20.5. The summed E-state index contributed by atoms with van der Waals surface area (Å²) in [7, 11) is 4.07. The summed E-state index contributed by atoms with van der Waals surface area (Å²) in [4.78, 5) is 2.12. The largest absolute Gasteiger partial charge is 0.309 e. The molecule has 0 aromatic heterocycles. The second-order valence-electron chi connectivity index (χ2n) is 6.09. The minimum Gasteiger partial charge on any atom is -0.309 e. The van der Waals surface area contributed by atoms with Crippen molar-refractivity contribution >= 4 is 24.0 Å². The molecule has 1 atom stereocenters. The van der Waals surface area contributed by atoms with Crippen molar-refractivity contribution in [2.75, 3.05) is 20.6 Å². The van der Waals surface area contributed by atoms with Gasteiger partial charge in [-0.1, -0.05) is 54.9 Å². The van der Waals surface area contributed by atoms with Crippen molar-refractivity contribution in [2.24, 2.45) is 0 Å². The first-order valence-corrected chi connectivity index (χ1v) is 8.31. The van der Waals surface area contributed by atoms with Crippen LogP contribution in [-0.2, 0) is 11.8 Å². The Kier molecular flexibility index (Phi) is 7.76. The molecule has 0 amide bonds. The molecule has 0 saturated carbocycles. The molecular weight excluding hydrogens is 339 g/mol. The van der Waals surface area contributed by atoms with Crippen LogP contribution in [0, 0.1) is 11.3 Å². The number of rotatable bonds is 6. The van der Waals surface area contributed by atoms with Crippen LogP contribution in [0.15, 0.2) is 48.5 Å². The van der Waals surface area contributed by atoms with Gasteiger partial charge in [0.25, 0.3) is 0 Å². The van der Waals surface area contributed by atoms with Crippen LogP contribution in [0.4, 0.5) is 0 Å². The molecule has 2 aromatic carbocycles. The van der Waals surface area contributed by atoms with Gasteiger partial charge in [-0.05, 0) is 62.3 Å². The van der Waals surface area contributed by atoms with E-state index in [2.05, 4.69) is 30.0 Å². The van der Waals surface area contributed by atoms with Crippen molar-refractivity contribution in [3.05, 3.63) is 70.2 Å². The van der Waals surface area contributed by atoms with Crippen molar-refractivity contribution < 1.29 is 0 Å². The average molecular weight is 363 g/mol. The maximum absolute atomic E-state index is 10.2. The molecule has 0 radical (unpaired) electrons. The Labute approximate surface area is 156 Å². The lowest BCUT2D eigenvalue weighted by molar-refractivity contribution is 0.371. The van der Waals surface area contributed by atoms with Crippen LogP contribution in [0.3, 0.4) is 0 Å². The summed E-state index contributed by atoms with van der Waals surface area (Å²) in [6.07, 6.45) is 1.63. The number of halogens is 2. The average Bonchev–Trinajstić information content (AvgIpc) is 2.56. The van der Waals surface area contributed by atoms with Gasteiger partial charge in [0.15, 0.2) is 0 Å². The fraction of sp³-hybridized carbons (Fsp3) is 0.350. The van der Waals surface area contributed by atoms with Gasteiger partial charge in [0.1, 0.15) is 5.41 Å². The third kappa shape index (κ3) is 4.30. The Morgan fingerprint density at radius 3 is 2.42 bits per heavy atom. The van der Waals surface area contributed by atoms with Gasteiger partial charge >= 0.3 is 0 Å². The van der Waals surface area contributed by atoms with E-state index in [0.717, 1.165) is 30.5 Å². The monoisotopic (exact) mass is 362 g/mol. The molecule has 1 unspecified atom stereocenters. The summed E-state index contributed by atoms with van der Waals surface area (Å²) in [5.41, 5.74) is 2.60. The van der Waals surface area contributed by atoms with E-state index < -0.39 is 5.41 Å². The SMILES string of the molecule is CCc1ccccc1C(C#N)(CCN(C)C)c1cccc(Cl)c1.Cl. The molecule has 0 aliphatic heterocycles. The van der Waals surface area contributed by atoms with E-state index in [9.17, 15) is 5.26 Å². The van der Waals surface area contributed by atoms with Crippen LogP contribution in [0.1, 0.15) is 30.0 Å². The lowest BCUT2D eigenvalue weighted by Gasteiger charge is -2.31. The molecule has 2 rings (SSSR count). The highest BCUT2D eigenvalue weighted by Gasteiger charge is 2.36. The van der Waals surface area contributed by atoms with Crippen molar-refractivity contribution in [2.45, 2.75) is 25.2 Å². The van der Waals surface area contributed by atoms with Gasteiger partial charge in [0, 0.05) is 5.02 Å². The standard InChI is InChI=1S/C20H23ClN2.ClH/c1-4-16-8-5-6-11-19(16)20(15-22,12-13-23(2)3)17-9-7-10-18(21)14-17;/h5-11,14H,4,12-13H2,1-3H3;1H. The number of nitriles is 1. The van der Waals surface area contributed by atoms with E-state index in [-0.39, 0.29) is 12.4 Å². The zero-order valence-corrected chi connectivity index (χ0v) is 16.0. The number of hydrogen-bond acceptors (Lipinski definition) is 2. The molecule has 2 aromatic rings. The van der Waals surface area contributed by atoms with Crippen LogP contribution in [0.25, 0.3) is 0 Å². The molecule has 2 nitrogen and oxygen atoms in total. The van der Waals surface area contributed by atoms with Crippen LogP contribution in [0.5, 0.6) is 0 Å². The topological polar surface area (TPSA) is 27.0 Å². The summed E-state index contributed by atoms with van der Waals surface area (Å²) in [6.45, 7) is 2.96. The van der Waals surface area contributed by atoms with Crippen molar-refractivity contribution in [3.8, 4) is 6.07 Å². The maximum Gasteiger partial charge on any atom is 0.109 e. The second kappa shape index (κ2) is 9.08. The molecule has 0 N–H and O–H groups in total. The van der Waals surface area contributed by atoms with E-state index in [1.54, 1.807) is 0 Å². The van der Waals surface area contributed by atoms with Crippen LogP contribution >= 0.6 is 24.0 Å². The lowest BCUT2D eigenvalue weighted by Crippen LogP contribution is -2.31. The Bertz CT molecular complexity index is 707. The molecule has 0 saturated heterocycles. The minimum absolute atomic E-state index is 0. The maximum atomic E-state index is 10.2. The molecule has 0 bridgehead atoms. The van der Waals surface area contributed by atoms with Gasteiger partial charge in [-0.3, -0.25) is 0 Å². The first-order valence-electron chi connectivity index (χ1n) is 7.94. The zero-order valence-electron chi connectivity index (χ0n) is 14.4. The summed E-state index contributed by atoms with van der Waals surface area (Å²) in [5, 5.41) is 10.9. The van der Waals surface area contributed by atoms with Crippen LogP contribution in [0.2, 0.25) is 5.02 Å². The Morgan fingerprint density at radius 1 is 1.12 bits per heavy atom. The highest BCUT2D eigenvalue weighted by molar-refractivity contribution is 6.30. The van der Waals surface area contributed by atoms with Crippen molar-refractivity contribution in [3.63, 3.8) is 0 Å². The normalized spacial score (nSPS) is 13.0. The van der Waals surface area contributed by atoms with Crippen molar-refractivity contribution in [1.82, 2.24) is 4.90 Å². The summed E-state index contributed by atoms with van der Waals surface area (Å²) in [6, 6.07) is 18.6. The third-order valence-corrected chi connectivity index (χ3v) is 4.54. The molecule has 0 aliphatic rings. The molecular formula is C20H24Cl2N2. The fourth-order valence-corrected chi connectivity index (χ4v) is 3.20. The van der Waals surface area contributed by atoms with Crippen molar-refractivity contribution in [1.29, 1.82) is 5.26 Å². The van der Waals surface area contributed by atoms with Crippen LogP contribution in [-0.4, -0.2) is 25.5 Å². The first-order chi connectivity index (χ1) is 11.0. The minimum atomic E-state index is -0.679. The van der Waals surface area contributed by atoms with E-state index in [1.165, 1.54) is 5.56 Å². The van der Waals surface area contributed by atoms with E-state index in [0.29, 0.717) is 5.02 Å². The number of nitrogens with zero attached hydrogens (tertiary/aromatic N) is 2. The molecule has 128 valence electrons. The Hall–Kier alpha value is -1.53. The molecule has 24 heavy (non-hydrogen) atoms.